The van der Waals surface area contributed by atoms with Crippen LogP contribution in [0.5, 0.6) is 0 Å². The monoisotopic (exact) mass is 784 g/mol. The normalized spacial score (nSPS) is 11.6. The largest absolute Gasteiger partial charge is 0.480 e. The zero-order valence-corrected chi connectivity index (χ0v) is 30.6. The molecule has 0 saturated carbocycles. The average Bonchev–Trinajstić information content (AvgIpc) is 3.41. The number of nitrogens with zero attached hydrogens (tertiary/aromatic N) is 6. The van der Waals surface area contributed by atoms with Gasteiger partial charge in [0.25, 0.3) is 16.0 Å². The molecule has 0 unspecified atom stereocenters. The van der Waals surface area contributed by atoms with Crippen molar-refractivity contribution in [1.29, 1.82) is 5.26 Å². The zero-order valence-electron chi connectivity index (χ0n) is 28.2. The minimum Gasteiger partial charge on any atom is -0.480 e. The van der Waals surface area contributed by atoms with Crippen molar-refractivity contribution in [2.24, 2.45) is 10.2 Å². The third kappa shape index (κ3) is 9.72. The van der Waals surface area contributed by atoms with Crippen LogP contribution >= 0.6 is 23.2 Å². The smallest absolute Gasteiger partial charge is 0.323 e. The summed E-state index contributed by atoms with van der Waals surface area (Å²) >= 11 is 13.4. The molecule has 0 spiro atoms. The van der Waals surface area contributed by atoms with Gasteiger partial charge in [-0.1, -0.05) is 50.0 Å². The van der Waals surface area contributed by atoms with Crippen molar-refractivity contribution >= 4 is 85.6 Å². The first-order chi connectivity index (χ1) is 24.7. The van der Waals surface area contributed by atoms with Crippen LogP contribution in [-0.2, 0) is 29.9 Å². The minimum atomic E-state index is -4.57. The van der Waals surface area contributed by atoms with Crippen LogP contribution in [-0.4, -0.2) is 69.8 Å². The first-order valence-electron chi connectivity index (χ1n) is 15.1. The molecule has 0 radical (unpaired) electrons. The molecule has 5 N–H and O–H groups in total. The standard InChI is InChI=1S/C33H30Cl2N8O9S/c1-17(44)37-26-13-20(42(15-27(45)46)16-28(47)48)8-9-25(26)39-40-31-22(14-36)30(33(2,3)4)41-43(31)29-23(34)11-19(12-24(29)35)38-32(49)18-6-5-7-21(10-18)53(50,51)52/h5-13H,15-16H2,1-4H3,(H,37,44)(H,38,49)(H,45,46)(H,47,48)(H,50,51,52)/b40-39+. The van der Waals surface area contributed by atoms with E-state index in [0.29, 0.717) is 0 Å². The molecule has 2 amide bonds. The molecule has 3 aromatic carbocycles. The van der Waals surface area contributed by atoms with E-state index in [1.54, 1.807) is 20.8 Å². The van der Waals surface area contributed by atoms with Crippen molar-refractivity contribution in [3.63, 3.8) is 0 Å². The molecule has 0 fully saturated rings. The fraction of sp³-hybridized carbons (Fsp3) is 0.212. The number of halogens is 2. The van der Waals surface area contributed by atoms with Gasteiger partial charge in [-0.15, -0.1) is 10.2 Å². The Labute approximate surface area is 312 Å². The Morgan fingerprint density at radius 2 is 1.58 bits per heavy atom. The molecule has 4 rings (SSSR count). The SMILES string of the molecule is CC(=O)Nc1cc(N(CC(=O)O)CC(=O)O)ccc1/N=N/c1c(C#N)c(C(C)(C)C)nn1-c1c(Cl)cc(NC(=O)c2cccc(S(=O)(=O)O)c2)cc1Cl. The number of carbonyl (C=O) groups is 4. The van der Waals surface area contributed by atoms with E-state index in [1.807, 2.05) is 0 Å². The lowest BCUT2D eigenvalue weighted by Crippen LogP contribution is -2.34. The molecule has 276 valence electrons. The molecule has 0 atom stereocenters. The second-order valence-corrected chi connectivity index (χ2v) is 14.5. The van der Waals surface area contributed by atoms with Gasteiger partial charge in [0, 0.05) is 29.3 Å². The summed E-state index contributed by atoms with van der Waals surface area (Å²) in [5, 5.41) is 47.0. The van der Waals surface area contributed by atoms with Crippen LogP contribution in [0.3, 0.4) is 0 Å². The summed E-state index contributed by atoms with van der Waals surface area (Å²) in [6.07, 6.45) is 0. The summed E-state index contributed by atoms with van der Waals surface area (Å²) in [4.78, 5) is 48.5. The van der Waals surface area contributed by atoms with Crippen molar-refractivity contribution in [2.75, 3.05) is 28.6 Å². The fourth-order valence-electron chi connectivity index (χ4n) is 4.89. The maximum absolute atomic E-state index is 13.0. The number of hydrogen-bond donors (Lipinski definition) is 5. The summed E-state index contributed by atoms with van der Waals surface area (Å²) in [5.74, 6) is -3.99. The van der Waals surface area contributed by atoms with Crippen LogP contribution < -0.4 is 15.5 Å². The van der Waals surface area contributed by atoms with E-state index in [1.165, 1.54) is 54.1 Å². The number of carboxylic acid groups (broad SMARTS) is 2. The number of nitriles is 1. The molecule has 4 aromatic rings. The summed E-state index contributed by atoms with van der Waals surface area (Å²) in [6.45, 7) is 5.30. The molecular formula is C33H30Cl2N8O9S. The van der Waals surface area contributed by atoms with Gasteiger partial charge in [0.15, 0.2) is 5.82 Å². The van der Waals surface area contributed by atoms with Crippen LogP contribution in [0.1, 0.15) is 49.3 Å². The topological polar surface area (TPSA) is 257 Å². The average molecular weight is 786 g/mol. The molecule has 17 nitrogen and oxygen atoms in total. The van der Waals surface area contributed by atoms with Crippen molar-refractivity contribution < 1.29 is 42.4 Å². The number of aromatic nitrogens is 2. The number of carbonyl (C=O) groups excluding carboxylic acids is 2. The fourth-order valence-corrected chi connectivity index (χ4v) is 6.06. The van der Waals surface area contributed by atoms with E-state index >= 15 is 0 Å². The molecule has 0 aliphatic heterocycles. The number of anilines is 3. The number of hydrogen-bond acceptors (Lipinski definition) is 11. The number of rotatable bonds is 12. The Balaban J connectivity index is 1.82. The number of nitrogens with one attached hydrogen (secondary N) is 2. The highest BCUT2D eigenvalue weighted by Crippen LogP contribution is 2.40. The van der Waals surface area contributed by atoms with Crippen molar-refractivity contribution in [3.8, 4) is 11.8 Å². The van der Waals surface area contributed by atoms with Gasteiger partial charge in [-0.3, -0.25) is 23.7 Å². The lowest BCUT2D eigenvalue weighted by molar-refractivity contribution is -0.136. The van der Waals surface area contributed by atoms with E-state index in [2.05, 4.69) is 32.0 Å². The lowest BCUT2D eigenvalue weighted by Gasteiger charge is -2.21. The maximum atomic E-state index is 13.0. The predicted molar refractivity (Wildman–Crippen MR) is 194 cm³/mol. The van der Waals surface area contributed by atoms with Crippen molar-refractivity contribution in [3.05, 3.63) is 81.5 Å². The van der Waals surface area contributed by atoms with Crippen molar-refractivity contribution in [2.45, 2.75) is 38.0 Å². The number of benzene rings is 3. The highest BCUT2D eigenvalue weighted by Gasteiger charge is 2.30. The van der Waals surface area contributed by atoms with E-state index in [0.717, 1.165) is 17.0 Å². The van der Waals surface area contributed by atoms with Crippen LogP contribution in [0.4, 0.5) is 28.6 Å². The van der Waals surface area contributed by atoms with Gasteiger partial charge in [-0.2, -0.15) is 18.8 Å². The molecule has 0 aliphatic carbocycles. The van der Waals surface area contributed by atoms with E-state index in [-0.39, 0.29) is 61.1 Å². The van der Waals surface area contributed by atoms with E-state index < -0.39 is 57.3 Å². The highest BCUT2D eigenvalue weighted by molar-refractivity contribution is 7.85. The van der Waals surface area contributed by atoms with Gasteiger partial charge >= 0.3 is 11.9 Å². The molecule has 20 heteroatoms. The van der Waals surface area contributed by atoms with E-state index in [4.69, 9.17) is 23.2 Å². The third-order valence-corrected chi connectivity index (χ3v) is 8.55. The second kappa shape index (κ2) is 15.8. The molecule has 1 aromatic heterocycles. The first-order valence-corrected chi connectivity index (χ1v) is 17.3. The van der Waals surface area contributed by atoms with Gasteiger partial charge in [0.2, 0.25) is 5.91 Å². The van der Waals surface area contributed by atoms with Crippen LogP contribution in [0.2, 0.25) is 10.0 Å². The maximum Gasteiger partial charge on any atom is 0.323 e. The number of carboxylic acids is 2. The number of amides is 2. The number of aliphatic carboxylic acids is 2. The highest BCUT2D eigenvalue weighted by atomic mass is 35.5. The van der Waals surface area contributed by atoms with Gasteiger partial charge in [-0.05, 0) is 48.5 Å². The molecule has 0 aliphatic rings. The molecule has 1 heterocycles. The minimum absolute atomic E-state index is 0.00345. The van der Waals surface area contributed by atoms with Crippen LogP contribution in [0.25, 0.3) is 5.69 Å². The molecular weight excluding hydrogens is 755 g/mol. The van der Waals surface area contributed by atoms with Gasteiger partial charge in [-0.25, -0.2) is 4.68 Å². The third-order valence-electron chi connectivity index (χ3n) is 7.12. The van der Waals surface area contributed by atoms with Crippen molar-refractivity contribution in [1.82, 2.24) is 9.78 Å². The summed E-state index contributed by atoms with van der Waals surface area (Å²) in [6, 6.07) is 13.5. The lowest BCUT2D eigenvalue weighted by atomic mass is 9.90. The Morgan fingerprint density at radius 1 is 0.962 bits per heavy atom. The first kappa shape index (κ1) is 39.9. The van der Waals surface area contributed by atoms with Gasteiger partial charge < -0.3 is 25.7 Å². The van der Waals surface area contributed by atoms with Crippen LogP contribution in [0.15, 0.2) is 69.7 Å². The predicted octanol–water partition coefficient (Wildman–Crippen LogP) is 6.20. The summed E-state index contributed by atoms with van der Waals surface area (Å²) in [5.41, 5.74) is -0.173. The summed E-state index contributed by atoms with van der Waals surface area (Å²) in [7, 11) is -4.57. The summed E-state index contributed by atoms with van der Waals surface area (Å²) < 4.78 is 33.6. The number of azo groups is 1. The van der Waals surface area contributed by atoms with Gasteiger partial charge in [0.05, 0.1) is 26.3 Å². The molecule has 53 heavy (non-hydrogen) atoms. The second-order valence-electron chi connectivity index (χ2n) is 12.3. The van der Waals surface area contributed by atoms with Crippen LogP contribution in [0, 0.1) is 11.3 Å². The Bertz CT molecular complexity index is 2290. The van der Waals surface area contributed by atoms with E-state index in [9.17, 15) is 47.6 Å². The quantitative estimate of drug-likeness (QED) is 0.0795. The van der Waals surface area contributed by atoms with Gasteiger partial charge in [0.1, 0.15) is 36.1 Å². The molecule has 0 bridgehead atoms. The molecule has 0 saturated heterocycles. The Kier molecular flexibility index (Phi) is 11.9. The Morgan fingerprint density at radius 3 is 2.11 bits per heavy atom. The zero-order chi connectivity index (χ0) is 39.4. The Hall–Kier alpha value is -5.87.